The Labute approximate surface area is 107 Å². The first-order chi connectivity index (χ1) is 8.69. The standard InChI is InChI=1S/C14H19NO3/c1-11(16)13-7-12(8-14(9-13)17-2)10-15-3-5-18-6-4-15/h7-9H,3-6,10H2,1-2H3. The van der Waals surface area contributed by atoms with Gasteiger partial charge in [0, 0.05) is 25.2 Å². The predicted molar refractivity (Wildman–Crippen MR) is 69.1 cm³/mol. The van der Waals surface area contributed by atoms with E-state index in [0.717, 1.165) is 44.2 Å². The van der Waals surface area contributed by atoms with Gasteiger partial charge in [-0.3, -0.25) is 9.69 Å². The van der Waals surface area contributed by atoms with Gasteiger partial charge in [-0.05, 0) is 30.7 Å². The largest absolute Gasteiger partial charge is 0.497 e. The number of carbonyl (C=O) groups excluding carboxylic acids is 1. The summed E-state index contributed by atoms with van der Waals surface area (Å²) in [5, 5.41) is 0. The molecular formula is C14H19NO3. The molecule has 2 rings (SSSR count). The molecular weight excluding hydrogens is 230 g/mol. The molecule has 0 aliphatic carbocycles. The maximum atomic E-state index is 11.5. The summed E-state index contributed by atoms with van der Waals surface area (Å²) in [6.07, 6.45) is 0. The summed E-state index contributed by atoms with van der Waals surface area (Å²) in [6.45, 7) is 5.85. The second kappa shape index (κ2) is 5.98. The molecule has 18 heavy (non-hydrogen) atoms. The fraction of sp³-hybridized carbons (Fsp3) is 0.500. The molecule has 0 spiro atoms. The molecule has 1 aromatic rings. The van der Waals surface area contributed by atoms with Crippen molar-refractivity contribution in [2.45, 2.75) is 13.5 Å². The van der Waals surface area contributed by atoms with Gasteiger partial charge in [-0.25, -0.2) is 0 Å². The summed E-state index contributed by atoms with van der Waals surface area (Å²) in [5.41, 5.74) is 1.82. The molecule has 0 unspecified atom stereocenters. The average Bonchev–Trinajstić information content (AvgIpc) is 2.39. The van der Waals surface area contributed by atoms with Crippen LogP contribution in [-0.4, -0.2) is 44.1 Å². The first-order valence-electron chi connectivity index (χ1n) is 6.18. The van der Waals surface area contributed by atoms with Gasteiger partial charge in [0.2, 0.25) is 0 Å². The Morgan fingerprint density at radius 3 is 2.67 bits per heavy atom. The summed E-state index contributed by atoms with van der Waals surface area (Å²) >= 11 is 0. The minimum atomic E-state index is 0.0668. The number of ketones is 1. The Balaban J connectivity index is 2.15. The molecule has 4 heteroatoms. The van der Waals surface area contributed by atoms with Gasteiger partial charge in [0.05, 0.1) is 20.3 Å². The smallest absolute Gasteiger partial charge is 0.159 e. The number of rotatable bonds is 4. The van der Waals surface area contributed by atoms with Crippen molar-refractivity contribution in [3.8, 4) is 5.75 Å². The number of Topliss-reactive ketones (excluding diaryl/α,β-unsaturated/α-hetero) is 1. The van der Waals surface area contributed by atoms with E-state index in [1.165, 1.54) is 0 Å². The van der Waals surface area contributed by atoms with E-state index in [-0.39, 0.29) is 5.78 Å². The third-order valence-electron chi connectivity index (χ3n) is 3.12. The number of benzene rings is 1. The van der Waals surface area contributed by atoms with Gasteiger partial charge in [0.15, 0.2) is 5.78 Å². The summed E-state index contributed by atoms with van der Waals surface area (Å²) in [6, 6.07) is 5.72. The Kier molecular flexibility index (Phi) is 4.33. The number of morpholine rings is 1. The van der Waals surface area contributed by atoms with Gasteiger partial charge in [-0.1, -0.05) is 0 Å². The number of carbonyl (C=O) groups is 1. The van der Waals surface area contributed by atoms with E-state index in [2.05, 4.69) is 4.90 Å². The molecule has 0 bridgehead atoms. The van der Waals surface area contributed by atoms with Crippen molar-refractivity contribution in [2.75, 3.05) is 33.4 Å². The molecule has 1 fully saturated rings. The van der Waals surface area contributed by atoms with Crippen LogP contribution in [-0.2, 0) is 11.3 Å². The number of hydrogen-bond acceptors (Lipinski definition) is 4. The topological polar surface area (TPSA) is 38.8 Å². The molecule has 0 N–H and O–H groups in total. The van der Waals surface area contributed by atoms with Crippen molar-refractivity contribution >= 4 is 5.78 Å². The van der Waals surface area contributed by atoms with Crippen LogP contribution < -0.4 is 4.74 Å². The van der Waals surface area contributed by atoms with Crippen molar-refractivity contribution in [1.29, 1.82) is 0 Å². The van der Waals surface area contributed by atoms with Gasteiger partial charge >= 0.3 is 0 Å². The van der Waals surface area contributed by atoms with Crippen LogP contribution in [0.15, 0.2) is 18.2 Å². The van der Waals surface area contributed by atoms with Crippen LogP contribution in [0.2, 0.25) is 0 Å². The highest BCUT2D eigenvalue weighted by Crippen LogP contribution is 2.19. The fourth-order valence-electron chi connectivity index (χ4n) is 2.09. The summed E-state index contributed by atoms with van der Waals surface area (Å²) in [4.78, 5) is 13.8. The third kappa shape index (κ3) is 3.31. The van der Waals surface area contributed by atoms with Crippen LogP contribution in [0.5, 0.6) is 5.75 Å². The summed E-state index contributed by atoms with van der Waals surface area (Å²) in [7, 11) is 1.62. The highest BCUT2D eigenvalue weighted by molar-refractivity contribution is 5.94. The van der Waals surface area contributed by atoms with E-state index in [1.807, 2.05) is 12.1 Å². The maximum Gasteiger partial charge on any atom is 0.159 e. The lowest BCUT2D eigenvalue weighted by Gasteiger charge is -2.26. The van der Waals surface area contributed by atoms with Gasteiger partial charge in [-0.2, -0.15) is 0 Å². The Bertz CT molecular complexity index is 425. The molecule has 0 atom stereocenters. The molecule has 0 saturated carbocycles. The minimum Gasteiger partial charge on any atom is -0.497 e. The first-order valence-corrected chi connectivity index (χ1v) is 6.18. The van der Waals surface area contributed by atoms with Gasteiger partial charge in [-0.15, -0.1) is 0 Å². The minimum absolute atomic E-state index is 0.0668. The second-order valence-corrected chi connectivity index (χ2v) is 4.51. The van der Waals surface area contributed by atoms with Crippen molar-refractivity contribution in [3.63, 3.8) is 0 Å². The molecule has 98 valence electrons. The molecule has 1 aromatic carbocycles. The monoisotopic (exact) mass is 249 g/mol. The number of hydrogen-bond donors (Lipinski definition) is 0. The molecule has 0 aromatic heterocycles. The van der Waals surface area contributed by atoms with Crippen molar-refractivity contribution in [3.05, 3.63) is 29.3 Å². The second-order valence-electron chi connectivity index (χ2n) is 4.51. The Morgan fingerprint density at radius 2 is 2.06 bits per heavy atom. The number of ether oxygens (including phenoxy) is 2. The lowest BCUT2D eigenvalue weighted by Crippen LogP contribution is -2.35. The van der Waals surface area contributed by atoms with Crippen LogP contribution in [0.1, 0.15) is 22.8 Å². The van der Waals surface area contributed by atoms with Gasteiger partial charge < -0.3 is 9.47 Å². The molecule has 1 heterocycles. The summed E-state index contributed by atoms with van der Waals surface area (Å²) in [5.74, 6) is 0.808. The predicted octanol–water partition coefficient (Wildman–Crippen LogP) is 1.73. The SMILES string of the molecule is COc1cc(CN2CCOCC2)cc(C(C)=O)c1. The van der Waals surface area contributed by atoms with Crippen LogP contribution in [0.3, 0.4) is 0 Å². The van der Waals surface area contributed by atoms with E-state index in [0.29, 0.717) is 5.56 Å². The third-order valence-corrected chi connectivity index (χ3v) is 3.12. The van der Waals surface area contributed by atoms with Crippen LogP contribution >= 0.6 is 0 Å². The lowest BCUT2D eigenvalue weighted by atomic mass is 10.1. The molecule has 0 radical (unpaired) electrons. The zero-order chi connectivity index (χ0) is 13.0. The average molecular weight is 249 g/mol. The molecule has 0 amide bonds. The molecule has 4 nitrogen and oxygen atoms in total. The van der Waals surface area contributed by atoms with Crippen LogP contribution in [0, 0.1) is 0 Å². The zero-order valence-electron chi connectivity index (χ0n) is 10.9. The van der Waals surface area contributed by atoms with Crippen molar-refractivity contribution in [1.82, 2.24) is 4.90 Å². The van der Waals surface area contributed by atoms with Crippen molar-refractivity contribution < 1.29 is 14.3 Å². The lowest BCUT2D eigenvalue weighted by molar-refractivity contribution is 0.0341. The van der Waals surface area contributed by atoms with E-state index < -0.39 is 0 Å². The molecule has 1 saturated heterocycles. The normalized spacial score (nSPS) is 16.6. The van der Waals surface area contributed by atoms with Crippen molar-refractivity contribution in [2.24, 2.45) is 0 Å². The first kappa shape index (κ1) is 13.1. The summed E-state index contributed by atoms with van der Waals surface area (Å²) < 4.78 is 10.6. The number of methoxy groups -OCH3 is 1. The van der Waals surface area contributed by atoms with Gasteiger partial charge in [0.1, 0.15) is 5.75 Å². The Hall–Kier alpha value is -1.39. The van der Waals surface area contributed by atoms with Crippen LogP contribution in [0.25, 0.3) is 0 Å². The highest BCUT2D eigenvalue weighted by atomic mass is 16.5. The molecule has 1 aliphatic rings. The van der Waals surface area contributed by atoms with Gasteiger partial charge in [0.25, 0.3) is 0 Å². The maximum absolute atomic E-state index is 11.5. The number of nitrogens with zero attached hydrogens (tertiary/aromatic N) is 1. The van der Waals surface area contributed by atoms with E-state index in [9.17, 15) is 4.79 Å². The molecule has 1 aliphatic heterocycles. The quantitative estimate of drug-likeness (QED) is 0.762. The van der Waals surface area contributed by atoms with E-state index in [4.69, 9.17) is 9.47 Å². The fourth-order valence-corrected chi connectivity index (χ4v) is 2.09. The highest BCUT2D eigenvalue weighted by Gasteiger charge is 2.12. The zero-order valence-corrected chi connectivity index (χ0v) is 10.9. The van der Waals surface area contributed by atoms with E-state index in [1.54, 1.807) is 20.1 Å². The Morgan fingerprint density at radius 1 is 1.33 bits per heavy atom. The van der Waals surface area contributed by atoms with E-state index >= 15 is 0 Å². The van der Waals surface area contributed by atoms with Crippen LogP contribution in [0.4, 0.5) is 0 Å².